The van der Waals surface area contributed by atoms with Crippen LogP contribution < -0.4 is 9.80 Å². The molecule has 3 aromatic rings. The van der Waals surface area contributed by atoms with Crippen LogP contribution in [-0.2, 0) is 10.9 Å². The molecule has 1 aromatic carbocycles. The van der Waals surface area contributed by atoms with Crippen molar-refractivity contribution < 1.29 is 22.7 Å². The fourth-order valence-corrected chi connectivity index (χ4v) is 4.13. The first kappa shape index (κ1) is 19.4. The van der Waals surface area contributed by atoms with Crippen LogP contribution in [0.1, 0.15) is 16.2 Å². The number of fused-ring (bicyclic) bond motifs is 1. The molecule has 0 atom stereocenters. The van der Waals surface area contributed by atoms with Crippen molar-refractivity contribution in [2.45, 2.75) is 6.18 Å². The van der Waals surface area contributed by atoms with Crippen LogP contribution in [0.15, 0.2) is 35.7 Å². The molecule has 0 amide bonds. The Hall–Kier alpha value is -2.88. The SMILES string of the molecule is COC(=O)c1nc(N2CCN(c3ccc(C(F)(F)F)cc3)CC2)c2sccc2n1. The number of hydrogen-bond acceptors (Lipinski definition) is 7. The lowest BCUT2D eigenvalue weighted by molar-refractivity contribution is -0.137. The van der Waals surface area contributed by atoms with Crippen LogP contribution in [-0.4, -0.2) is 49.2 Å². The lowest BCUT2D eigenvalue weighted by atomic mass is 10.1. The lowest BCUT2D eigenvalue weighted by Crippen LogP contribution is -2.47. The van der Waals surface area contributed by atoms with Gasteiger partial charge in [-0.3, -0.25) is 0 Å². The molecule has 10 heteroatoms. The highest BCUT2D eigenvalue weighted by Gasteiger charge is 2.30. The van der Waals surface area contributed by atoms with Crippen molar-refractivity contribution in [3.05, 3.63) is 47.1 Å². The van der Waals surface area contributed by atoms with Crippen LogP contribution in [0.5, 0.6) is 0 Å². The standard InChI is InChI=1S/C19H17F3N4O2S/c1-28-18(27)16-23-14-6-11-29-15(14)17(24-16)26-9-7-25(8-10-26)13-4-2-12(3-5-13)19(20,21)22/h2-6,11H,7-10H2,1H3. The fourth-order valence-electron chi connectivity index (χ4n) is 3.28. The molecule has 3 heterocycles. The van der Waals surface area contributed by atoms with Gasteiger partial charge in [0.1, 0.15) is 0 Å². The quantitative estimate of drug-likeness (QED) is 0.598. The molecule has 2 aromatic heterocycles. The second-order valence-corrected chi connectivity index (χ2v) is 7.43. The number of aromatic nitrogens is 2. The van der Waals surface area contributed by atoms with Gasteiger partial charge in [0.25, 0.3) is 0 Å². The Morgan fingerprint density at radius 2 is 1.69 bits per heavy atom. The van der Waals surface area contributed by atoms with Crippen molar-refractivity contribution in [2.24, 2.45) is 0 Å². The second-order valence-electron chi connectivity index (χ2n) is 6.52. The van der Waals surface area contributed by atoms with E-state index in [-0.39, 0.29) is 5.82 Å². The molecule has 1 aliphatic rings. The topological polar surface area (TPSA) is 58.6 Å². The Labute approximate surface area is 168 Å². The molecule has 0 saturated carbocycles. The van der Waals surface area contributed by atoms with Crippen LogP contribution in [0, 0.1) is 0 Å². The minimum atomic E-state index is -4.34. The Bertz CT molecular complexity index is 1030. The number of carbonyl (C=O) groups excluding carboxylic acids is 1. The smallest absolute Gasteiger partial charge is 0.416 e. The number of carbonyl (C=O) groups is 1. The number of alkyl halides is 3. The number of anilines is 2. The molecule has 152 valence electrons. The van der Waals surface area contributed by atoms with E-state index in [2.05, 4.69) is 14.9 Å². The van der Waals surface area contributed by atoms with Crippen molar-refractivity contribution in [2.75, 3.05) is 43.1 Å². The first-order valence-corrected chi connectivity index (χ1v) is 9.75. The summed E-state index contributed by atoms with van der Waals surface area (Å²) in [7, 11) is 1.28. The van der Waals surface area contributed by atoms with Crippen molar-refractivity contribution in [1.29, 1.82) is 0 Å². The summed E-state index contributed by atoms with van der Waals surface area (Å²) in [6.07, 6.45) is -4.34. The molecule has 1 saturated heterocycles. The zero-order valence-electron chi connectivity index (χ0n) is 15.4. The molecule has 0 aliphatic carbocycles. The zero-order valence-corrected chi connectivity index (χ0v) is 16.3. The number of esters is 1. The second kappa shape index (κ2) is 7.51. The Balaban J connectivity index is 1.53. The Morgan fingerprint density at radius 3 is 2.31 bits per heavy atom. The highest BCUT2D eigenvalue weighted by molar-refractivity contribution is 7.17. The highest BCUT2D eigenvalue weighted by Crippen LogP contribution is 2.32. The number of methoxy groups -OCH3 is 1. The summed E-state index contributed by atoms with van der Waals surface area (Å²) >= 11 is 1.50. The van der Waals surface area contributed by atoms with Gasteiger partial charge in [-0.25, -0.2) is 14.8 Å². The molecule has 0 spiro atoms. The van der Waals surface area contributed by atoms with E-state index in [1.807, 2.05) is 16.3 Å². The summed E-state index contributed by atoms with van der Waals surface area (Å²) in [6, 6.07) is 7.02. The largest absolute Gasteiger partial charge is 0.463 e. The molecule has 4 rings (SSSR count). The van der Waals surface area contributed by atoms with E-state index in [0.29, 0.717) is 37.5 Å². The van der Waals surface area contributed by atoms with Gasteiger partial charge >= 0.3 is 12.1 Å². The molecule has 0 unspecified atom stereocenters. The summed E-state index contributed by atoms with van der Waals surface area (Å²) in [5, 5.41) is 1.89. The van der Waals surface area contributed by atoms with Gasteiger partial charge in [0.05, 0.1) is 22.9 Å². The molecule has 0 bridgehead atoms. The van der Waals surface area contributed by atoms with Gasteiger partial charge in [-0.15, -0.1) is 11.3 Å². The number of thiophene rings is 1. The van der Waals surface area contributed by atoms with Crippen molar-refractivity contribution >= 4 is 39.0 Å². The van der Waals surface area contributed by atoms with Gasteiger partial charge < -0.3 is 14.5 Å². The van der Waals surface area contributed by atoms with Crippen LogP contribution in [0.25, 0.3) is 10.2 Å². The first-order chi connectivity index (χ1) is 13.9. The molecular weight excluding hydrogens is 405 g/mol. The maximum atomic E-state index is 12.8. The van der Waals surface area contributed by atoms with Crippen LogP contribution in [0.3, 0.4) is 0 Å². The third-order valence-electron chi connectivity index (χ3n) is 4.79. The number of rotatable bonds is 3. The van der Waals surface area contributed by atoms with Crippen molar-refractivity contribution in [3.8, 4) is 0 Å². The number of nitrogens with zero attached hydrogens (tertiary/aromatic N) is 4. The Morgan fingerprint density at radius 1 is 1.03 bits per heavy atom. The summed E-state index contributed by atoms with van der Waals surface area (Å²) in [5.74, 6) is 0.0961. The third kappa shape index (κ3) is 3.84. The number of ether oxygens (including phenoxy) is 1. The van der Waals surface area contributed by atoms with Gasteiger partial charge in [-0.05, 0) is 35.7 Å². The molecule has 6 nitrogen and oxygen atoms in total. The molecule has 0 N–H and O–H groups in total. The van der Waals surface area contributed by atoms with Crippen molar-refractivity contribution in [1.82, 2.24) is 9.97 Å². The number of benzene rings is 1. The normalized spacial score (nSPS) is 15.0. The molecule has 29 heavy (non-hydrogen) atoms. The number of halogens is 3. The van der Waals surface area contributed by atoms with E-state index < -0.39 is 17.7 Å². The minimum Gasteiger partial charge on any atom is -0.463 e. The summed E-state index contributed by atoms with van der Waals surface area (Å²) in [4.78, 5) is 24.7. The predicted octanol–water partition coefficient (Wildman–Crippen LogP) is 3.82. The van der Waals surface area contributed by atoms with E-state index in [1.165, 1.54) is 30.6 Å². The van der Waals surface area contributed by atoms with Crippen LogP contribution in [0.2, 0.25) is 0 Å². The average molecular weight is 422 g/mol. The summed E-state index contributed by atoms with van der Waals surface area (Å²) < 4.78 is 43.9. The predicted molar refractivity (Wildman–Crippen MR) is 105 cm³/mol. The van der Waals surface area contributed by atoms with Crippen LogP contribution in [0.4, 0.5) is 24.7 Å². The molecule has 0 radical (unpaired) electrons. The van der Waals surface area contributed by atoms with E-state index in [9.17, 15) is 18.0 Å². The lowest BCUT2D eigenvalue weighted by Gasteiger charge is -2.37. The summed E-state index contributed by atoms with van der Waals surface area (Å²) in [6.45, 7) is 2.48. The van der Waals surface area contributed by atoms with Gasteiger partial charge in [0, 0.05) is 31.9 Å². The van der Waals surface area contributed by atoms with E-state index in [1.54, 1.807) is 0 Å². The van der Waals surface area contributed by atoms with E-state index >= 15 is 0 Å². The Kier molecular flexibility index (Phi) is 5.03. The number of hydrogen-bond donors (Lipinski definition) is 0. The number of piperazine rings is 1. The van der Waals surface area contributed by atoms with E-state index in [4.69, 9.17) is 4.74 Å². The van der Waals surface area contributed by atoms with Gasteiger partial charge in [-0.1, -0.05) is 0 Å². The van der Waals surface area contributed by atoms with Gasteiger partial charge in [0.2, 0.25) is 5.82 Å². The third-order valence-corrected chi connectivity index (χ3v) is 5.69. The van der Waals surface area contributed by atoms with Gasteiger partial charge in [0.15, 0.2) is 5.82 Å². The maximum Gasteiger partial charge on any atom is 0.416 e. The average Bonchev–Trinajstić information content (AvgIpc) is 3.21. The zero-order chi connectivity index (χ0) is 20.6. The first-order valence-electron chi connectivity index (χ1n) is 8.87. The molecular formula is C19H17F3N4O2S. The van der Waals surface area contributed by atoms with Crippen molar-refractivity contribution in [3.63, 3.8) is 0 Å². The summed E-state index contributed by atoms with van der Waals surface area (Å²) in [5.41, 5.74) is 0.777. The van der Waals surface area contributed by atoms with Gasteiger partial charge in [-0.2, -0.15) is 13.2 Å². The monoisotopic (exact) mass is 422 g/mol. The fraction of sp³-hybridized carbons (Fsp3) is 0.316. The minimum absolute atomic E-state index is 0.0126. The molecule has 1 aliphatic heterocycles. The highest BCUT2D eigenvalue weighted by atomic mass is 32.1. The maximum absolute atomic E-state index is 12.8. The van der Waals surface area contributed by atoms with Crippen LogP contribution >= 0.6 is 11.3 Å². The van der Waals surface area contributed by atoms with E-state index in [0.717, 1.165) is 22.5 Å². The molecule has 1 fully saturated rings.